The standard InChI is InChI=1S/C19H21ClN4.ClH/c1-23-18-9-14(20)7-8-17(18)22-19(23)12-24-10-15(16(21)11-24)13-5-3-2-4-6-13;/h2-9,15-16H,10-12,21H2,1H3;1H/t15-,16+;/m0./s1. The first-order valence-electron chi connectivity index (χ1n) is 8.25. The quantitative estimate of drug-likeness (QED) is 0.759. The van der Waals surface area contributed by atoms with Crippen LogP contribution < -0.4 is 5.73 Å². The number of nitrogens with zero attached hydrogens (tertiary/aromatic N) is 3. The van der Waals surface area contributed by atoms with E-state index in [2.05, 4.69) is 33.7 Å². The van der Waals surface area contributed by atoms with Crippen molar-refractivity contribution in [1.82, 2.24) is 14.5 Å². The maximum absolute atomic E-state index is 6.40. The van der Waals surface area contributed by atoms with Gasteiger partial charge in [-0.15, -0.1) is 12.4 Å². The number of aromatic nitrogens is 2. The molecule has 2 heterocycles. The number of imidazole rings is 1. The highest BCUT2D eigenvalue weighted by Crippen LogP contribution is 2.28. The third-order valence-corrected chi connectivity index (χ3v) is 5.20. The molecule has 0 unspecified atom stereocenters. The zero-order chi connectivity index (χ0) is 16.7. The molecule has 0 bridgehead atoms. The van der Waals surface area contributed by atoms with Gasteiger partial charge in [0.25, 0.3) is 0 Å². The van der Waals surface area contributed by atoms with Crippen molar-refractivity contribution >= 4 is 35.0 Å². The fraction of sp³-hybridized carbons (Fsp3) is 0.316. The molecule has 1 aliphatic rings. The Labute approximate surface area is 159 Å². The Morgan fingerprint density at radius 2 is 1.92 bits per heavy atom. The monoisotopic (exact) mass is 376 g/mol. The van der Waals surface area contributed by atoms with Gasteiger partial charge in [0.2, 0.25) is 0 Å². The molecular weight excluding hydrogens is 355 g/mol. The van der Waals surface area contributed by atoms with Gasteiger partial charge >= 0.3 is 0 Å². The van der Waals surface area contributed by atoms with E-state index in [0.29, 0.717) is 5.92 Å². The van der Waals surface area contributed by atoms with Crippen LogP contribution in [0.25, 0.3) is 11.0 Å². The van der Waals surface area contributed by atoms with Crippen LogP contribution in [0.4, 0.5) is 0 Å². The molecule has 1 aliphatic heterocycles. The number of hydrogen-bond donors (Lipinski definition) is 1. The van der Waals surface area contributed by atoms with E-state index in [1.165, 1.54) is 5.56 Å². The van der Waals surface area contributed by atoms with Gasteiger partial charge in [0.15, 0.2) is 0 Å². The van der Waals surface area contributed by atoms with Crippen LogP contribution in [0.5, 0.6) is 0 Å². The molecule has 2 atom stereocenters. The second-order valence-corrected chi connectivity index (χ2v) is 7.03. The molecule has 0 saturated carbocycles. The van der Waals surface area contributed by atoms with Crippen molar-refractivity contribution < 1.29 is 0 Å². The molecule has 3 aromatic rings. The summed E-state index contributed by atoms with van der Waals surface area (Å²) in [6.07, 6.45) is 0. The summed E-state index contributed by atoms with van der Waals surface area (Å²) in [6, 6.07) is 16.6. The fourth-order valence-corrected chi connectivity index (χ4v) is 3.82. The van der Waals surface area contributed by atoms with E-state index in [4.69, 9.17) is 22.3 Å². The number of aryl methyl sites for hydroxylation is 1. The number of halogens is 2. The first-order chi connectivity index (χ1) is 11.6. The van der Waals surface area contributed by atoms with Crippen LogP contribution in [0.15, 0.2) is 48.5 Å². The van der Waals surface area contributed by atoms with E-state index in [0.717, 1.165) is 41.5 Å². The van der Waals surface area contributed by atoms with Gasteiger partial charge in [-0.3, -0.25) is 4.90 Å². The summed E-state index contributed by atoms with van der Waals surface area (Å²) in [6.45, 7) is 2.67. The predicted molar refractivity (Wildman–Crippen MR) is 105 cm³/mol. The van der Waals surface area contributed by atoms with E-state index in [9.17, 15) is 0 Å². The minimum absolute atomic E-state index is 0. The van der Waals surface area contributed by atoms with E-state index in [1.54, 1.807) is 0 Å². The summed E-state index contributed by atoms with van der Waals surface area (Å²) in [7, 11) is 2.05. The fourth-order valence-electron chi connectivity index (χ4n) is 3.65. The Morgan fingerprint density at radius 3 is 2.68 bits per heavy atom. The maximum Gasteiger partial charge on any atom is 0.123 e. The Bertz CT molecular complexity index is 862. The third kappa shape index (κ3) is 3.53. The number of rotatable bonds is 3. The number of nitrogens with two attached hydrogens (primary N) is 1. The van der Waals surface area contributed by atoms with Gasteiger partial charge in [-0.1, -0.05) is 41.9 Å². The zero-order valence-electron chi connectivity index (χ0n) is 14.1. The molecule has 1 aromatic heterocycles. The lowest BCUT2D eigenvalue weighted by atomic mass is 9.95. The van der Waals surface area contributed by atoms with Gasteiger partial charge in [0, 0.05) is 37.1 Å². The normalized spacial score (nSPS) is 20.8. The molecule has 4 nitrogen and oxygen atoms in total. The van der Waals surface area contributed by atoms with Crippen LogP contribution in [-0.4, -0.2) is 33.6 Å². The third-order valence-electron chi connectivity index (χ3n) is 4.97. The lowest BCUT2D eigenvalue weighted by molar-refractivity contribution is 0.312. The van der Waals surface area contributed by atoms with Crippen molar-refractivity contribution in [2.45, 2.75) is 18.5 Å². The van der Waals surface area contributed by atoms with Crippen molar-refractivity contribution in [3.05, 3.63) is 64.9 Å². The average molecular weight is 377 g/mol. The van der Waals surface area contributed by atoms with Gasteiger partial charge in [-0.05, 0) is 23.8 Å². The summed E-state index contributed by atoms with van der Waals surface area (Å²) in [5, 5.41) is 0.740. The van der Waals surface area contributed by atoms with Gasteiger partial charge in [0.1, 0.15) is 5.82 Å². The molecule has 0 amide bonds. The van der Waals surface area contributed by atoms with Crippen molar-refractivity contribution in [3.8, 4) is 0 Å². The second kappa shape index (κ2) is 7.34. The van der Waals surface area contributed by atoms with Gasteiger partial charge < -0.3 is 10.3 Å². The largest absolute Gasteiger partial charge is 0.330 e. The Balaban J connectivity index is 0.00000182. The highest BCUT2D eigenvalue weighted by atomic mass is 35.5. The number of benzene rings is 2. The van der Waals surface area contributed by atoms with Crippen molar-refractivity contribution in [1.29, 1.82) is 0 Å². The molecule has 2 aromatic carbocycles. The molecule has 25 heavy (non-hydrogen) atoms. The summed E-state index contributed by atoms with van der Waals surface area (Å²) >= 11 is 6.11. The molecule has 132 valence electrons. The molecule has 0 aliphatic carbocycles. The van der Waals surface area contributed by atoms with Crippen LogP contribution in [0.2, 0.25) is 5.02 Å². The van der Waals surface area contributed by atoms with Gasteiger partial charge in [-0.25, -0.2) is 4.98 Å². The first kappa shape index (κ1) is 18.2. The SMILES string of the molecule is Cl.Cn1c(CN2C[C@@H](N)[C@H](c3ccccc3)C2)nc2ccc(Cl)cc21. The lowest BCUT2D eigenvalue weighted by Crippen LogP contribution is -2.29. The summed E-state index contributed by atoms with van der Waals surface area (Å²) in [5.41, 5.74) is 9.78. The minimum Gasteiger partial charge on any atom is -0.330 e. The minimum atomic E-state index is 0. The van der Waals surface area contributed by atoms with Crippen molar-refractivity contribution in [2.75, 3.05) is 13.1 Å². The Morgan fingerprint density at radius 1 is 1.16 bits per heavy atom. The van der Waals surface area contributed by atoms with Crippen LogP contribution in [0.3, 0.4) is 0 Å². The van der Waals surface area contributed by atoms with Crippen LogP contribution in [-0.2, 0) is 13.6 Å². The van der Waals surface area contributed by atoms with E-state index >= 15 is 0 Å². The molecule has 4 rings (SSSR count). The molecule has 1 saturated heterocycles. The van der Waals surface area contributed by atoms with E-state index in [-0.39, 0.29) is 18.4 Å². The van der Waals surface area contributed by atoms with Crippen LogP contribution in [0.1, 0.15) is 17.3 Å². The number of likely N-dealkylation sites (tertiary alicyclic amines) is 1. The Hall–Kier alpha value is -1.59. The number of fused-ring (bicyclic) bond motifs is 1. The highest BCUT2D eigenvalue weighted by molar-refractivity contribution is 6.31. The number of hydrogen-bond acceptors (Lipinski definition) is 3. The van der Waals surface area contributed by atoms with E-state index in [1.807, 2.05) is 31.3 Å². The summed E-state index contributed by atoms with van der Waals surface area (Å²) in [4.78, 5) is 7.16. The van der Waals surface area contributed by atoms with Crippen molar-refractivity contribution in [3.63, 3.8) is 0 Å². The zero-order valence-corrected chi connectivity index (χ0v) is 15.7. The Kier molecular flexibility index (Phi) is 5.35. The van der Waals surface area contributed by atoms with Gasteiger partial charge in [0.05, 0.1) is 17.6 Å². The van der Waals surface area contributed by atoms with Crippen LogP contribution >= 0.6 is 24.0 Å². The predicted octanol–water partition coefficient (Wildman–Crippen LogP) is 3.58. The smallest absolute Gasteiger partial charge is 0.123 e. The van der Waals surface area contributed by atoms with Crippen LogP contribution in [0, 0.1) is 0 Å². The molecule has 1 fully saturated rings. The second-order valence-electron chi connectivity index (χ2n) is 6.60. The summed E-state index contributed by atoms with van der Waals surface area (Å²) < 4.78 is 2.13. The first-order valence-corrected chi connectivity index (χ1v) is 8.63. The lowest BCUT2D eigenvalue weighted by Gasteiger charge is -2.16. The van der Waals surface area contributed by atoms with E-state index < -0.39 is 0 Å². The highest BCUT2D eigenvalue weighted by Gasteiger charge is 2.31. The molecule has 6 heteroatoms. The topological polar surface area (TPSA) is 47.1 Å². The maximum atomic E-state index is 6.40. The van der Waals surface area contributed by atoms with Crippen molar-refractivity contribution in [2.24, 2.45) is 12.8 Å². The van der Waals surface area contributed by atoms with Gasteiger partial charge in [-0.2, -0.15) is 0 Å². The average Bonchev–Trinajstić information content (AvgIpc) is 3.10. The molecule has 0 spiro atoms. The molecule has 2 N–H and O–H groups in total. The molecular formula is C19H22Cl2N4. The molecule has 0 radical (unpaired) electrons. The summed E-state index contributed by atoms with van der Waals surface area (Å²) in [5.74, 6) is 1.43.